The SMILES string of the molecule is CC(O)Cn1cc(C(=O)N2CCN(c3ncc(C(F)(F)F)cn3)CC2)cnc1=O. The number of aliphatic hydroxyl groups excluding tert-OH is 1. The highest BCUT2D eigenvalue weighted by molar-refractivity contribution is 5.93. The quantitative estimate of drug-likeness (QED) is 0.775. The van der Waals surface area contributed by atoms with Crippen molar-refractivity contribution in [2.45, 2.75) is 25.7 Å². The summed E-state index contributed by atoms with van der Waals surface area (Å²) in [5.41, 5.74) is -1.27. The van der Waals surface area contributed by atoms with Gasteiger partial charge < -0.3 is 14.9 Å². The summed E-state index contributed by atoms with van der Waals surface area (Å²) in [6.07, 6.45) is -1.26. The largest absolute Gasteiger partial charge is 0.419 e. The van der Waals surface area contributed by atoms with Gasteiger partial charge in [-0.3, -0.25) is 9.36 Å². The number of alkyl halides is 3. The first-order valence-electron chi connectivity index (χ1n) is 8.83. The average molecular weight is 412 g/mol. The number of halogens is 3. The van der Waals surface area contributed by atoms with Gasteiger partial charge >= 0.3 is 11.9 Å². The van der Waals surface area contributed by atoms with Crippen LogP contribution in [-0.4, -0.2) is 67.7 Å². The van der Waals surface area contributed by atoms with E-state index in [0.29, 0.717) is 26.2 Å². The van der Waals surface area contributed by atoms with Crippen LogP contribution < -0.4 is 10.6 Å². The number of anilines is 1. The molecular formula is C17H19F3N6O3. The maximum absolute atomic E-state index is 12.7. The van der Waals surface area contributed by atoms with Crippen LogP contribution in [0.3, 0.4) is 0 Å². The van der Waals surface area contributed by atoms with Gasteiger partial charge in [0.15, 0.2) is 0 Å². The highest BCUT2D eigenvalue weighted by Crippen LogP contribution is 2.28. The fraction of sp³-hybridized carbons (Fsp3) is 0.471. The van der Waals surface area contributed by atoms with Gasteiger partial charge in [0.1, 0.15) is 0 Å². The van der Waals surface area contributed by atoms with E-state index >= 15 is 0 Å². The van der Waals surface area contributed by atoms with Gasteiger partial charge in [-0.15, -0.1) is 0 Å². The number of nitrogens with zero attached hydrogens (tertiary/aromatic N) is 6. The summed E-state index contributed by atoms with van der Waals surface area (Å²) in [6, 6.07) is 0. The zero-order valence-corrected chi connectivity index (χ0v) is 15.5. The van der Waals surface area contributed by atoms with E-state index in [2.05, 4.69) is 15.0 Å². The number of aromatic nitrogens is 4. The van der Waals surface area contributed by atoms with Crippen molar-refractivity contribution >= 4 is 11.9 Å². The molecule has 0 saturated carbocycles. The van der Waals surface area contributed by atoms with E-state index in [4.69, 9.17) is 0 Å². The number of hydrogen-bond acceptors (Lipinski definition) is 7. The average Bonchev–Trinajstić information content (AvgIpc) is 2.68. The van der Waals surface area contributed by atoms with Gasteiger partial charge in [-0.2, -0.15) is 13.2 Å². The first kappa shape index (κ1) is 20.7. The predicted molar refractivity (Wildman–Crippen MR) is 95.3 cm³/mol. The minimum Gasteiger partial charge on any atom is -0.392 e. The van der Waals surface area contributed by atoms with Crippen molar-refractivity contribution in [3.63, 3.8) is 0 Å². The van der Waals surface area contributed by atoms with Gasteiger partial charge in [0.25, 0.3) is 5.91 Å². The van der Waals surface area contributed by atoms with E-state index in [1.54, 1.807) is 9.80 Å². The number of aliphatic hydroxyl groups is 1. The van der Waals surface area contributed by atoms with Crippen molar-refractivity contribution in [3.8, 4) is 0 Å². The molecule has 0 aromatic carbocycles. The van der Waals surface area contributed by atoms with Crippen molar-refractivity contribution < 1.29 is 23.1 Å². The summed E-state index contributed by atoms with van der Waals surface area (Å²) >= 11 is 0. The molecule has 3 rings (SSSR count). The van der Waals surface area contributed by atoms with Crippen LogP contribution in [0.4, 0.5) is 19.1 Å². The molecule has 0 bridgehead atoms. The molecule has 0 aliphatic carbocycles. The molecule has 29 heavy (non-hydrogen) atoms. The van der Waals surface area contributed by atoms with Crippen LogP contribution >= 0.6 is 0 Å². The molecule has 1 unspecified atom stereocenters. The first-order valence-corrected chi connectivity index (χ1v) is 8.83. The maximum atomic E-state index is 12.7. The van der Waals surface area contributed by atoms with Gasteiger partial charge in [0, 0.05) is 51.0 Å². The zero-order valence-electron chi connectivity index (χ0n) is 15.5. The third kappa shape index (κ3) is 4.88. The van der Waals surface area contributed by atoms with Crippen LogP contribution in [-0.2, 0) is 12.7 Å². The molecule has 1 atom stereocenters. The second-order valence-electron chi connectivity index (χ2n) is 6.68. The number of rotatable bonds is 4. The van der Waals surface area contributed by atoms with E-state index in [1.165, 1.54) is 23.9 Å². The molecule has 1 saturated heterocycles. The maximum Gasteiger partial charge on any atom is 0.419 e. The first-order chi connectivity index (χ1) is 13.6. The smallest absolute Gasteiger partial charge is 0.392 e. The second-order valence-corrected chi connectivity index (χ2v) is 6.68. The molecule has 1 amide bonds. The summed E-state index contributed by atoms with van der Waals surface area (Å²) in [7, 11) is 0. The van der Waals surface area contributed by atoms with Crippen LogP contribution in [0.15, 0.2) is 29.6 Å². The van der Waals surface area contributed by atoms with Crippen molar-refractivity contribution in [3.05, 3.63) is 46.4 Å². The van der Waals surface area contributed by atoms with Gasteiger partial charge in [-0.05, 0) is 6.92 Å². The van der Waals surface area contributed by atoms with E-state index in [-0.39, 0.29) is 24.0 Å². The van der Waals surface area contributed by atoms with Crippen molar-refractivity contribution in [1.82, 2.24) is 24.4 Å². The minimum atomic E-state index is -4.50. The summed E-state index contributed by atoms with van der Waals surface area (Å²) in [4.78, 5) is 38.8. The van der Waals surface area contributed by atoms with E-state index in [1.807, 2.05) is 0 Å². The number of amides is 1. The lowest BCUT2D eigenvalue weighted by atomic mass is 10.2. The van der Waals surface area contributed by atoms with Gasteiger partial charge in [-0.25, -0.2) is 19.7 Å². The third-order valence-corrected chi connectivity index (χ3v) is 4.38. The van der Waals surface area contributed by atoms with E-state index in [0.717, 1.165) is 12.4 Å². The standard InChI is InChI=1S/C17H19F3N6O3/c1-11(27)9-26-10-12(6-23-16(26)29)14(28)24-2-4-25(5-3-24)15-21-7-13(8-22-15)17(18,19)20/h6-8,10-11,27H,2-5,9H2,1H3. The van der Waals surface area contributed by atoms with Crippen LogP contribution in [0.25, 0.3) is 0 Å². The zero-order chi connectivity index (χ0) is 21.2. The predicted octanol–water partition coefficient (Wildman–Crippen LogP) is 0.395. The Hall–Kier alpha value is -3.02. The Labute approximate surface area is 163 Å². The van der Waals surface area contributed by atoms with E-state index < -0.39 is 23.5 Å². The Bertz CT molecular complexity index is 921. The highest BCUT2D eigenvalue weighted by atomic mass is 19.4. The summed E-state index contributed by atoms with van der Waals surface area (Å²) in [5.74, 6) is -0.165. The summed E-state index contributed by atoms with van der Waals surface area (Å²) in [6.45, 7) is 2.84. The highest BCUT2D eigenvalue weighted by Gasteiger charge is 2.32. The number of carbonyl (C=O) groups excluding carboxylic acids is 1. The van der Waals surface area contributed by atoms with E-state index in [9.17, 15) is 27.9 Å². The molecular weight excluding hydrogens is 393 g/mol. The molecule has 0 radical (unpaired) electrons. The molecule has 2 aromatic heterocycles. The molecule has 3 heterocycles. The molecule has 0 spiro atoms. The monoisotopic (exact) mass is 412 g/mol. The van der Waals surface area contributed by atoms with Crippen LogP contribution in [0.2, 0.25) is 0 Å². The molecule has 1 aliphatic rings. The number of hydrogen-bond donors (Lipinski definition) is 1. The summed E-state index contributed by atoms with van der Waals surface area (Å²) < 4.78 is 39.0. The molecule has 1 N–H and O–H groups in total. The molecule has 2 aromatic rings. The van der Waals surface area contributed by atoms with Gasteiger partial charge in [0.05, 0.1) is 23.8 Å². The van der Waals surface area contributed by atoms with Crippen LogP contribution in [0.1, 0.15) is 22.8 Å². The second kappa shape index (κ2) is 8.15. The van der Waals surface area contributed by atoms with Gasteiger partial charge in [-0.1, -0.05) is 0 Å². The van der Waals surface area contributed by atoms with Crippen LogP contribution in [0, 0.1) is 0 Å². The van der Waals surface area contributed by atoms with Gasteiger partial charge in [0.2, 0.25) is 5.95 Å². The number of piperazine rings is 1. The Kier molecular flexibility index (Phi) is 5.82. The Morgan fingerprint density at radius 2 is 1.76 bits per heavy atom. The molecule has 9 nitrogen and oxygen atoms in total. The lowest BCUT2D eigenvalue weighted by Gasteiger charge is -2.34. The fourth-order valence-electron chi connectivity index (χ4n) is 2.90. The molecule has 12 heteroatoms. The Morgan fingerprint density at radius 1 is 1.14 bits per heavy atom. The molecule has 156 valence electrons. The number of carbonyl (C=O) groups is 1. The lowest BCUT2D eigenvalue weighted by molar-refractivity contribution is -0.138. The van der Waals surface area contributed by atoms with Crippen molar-refractivity contribution in [2.75, 3.05) is 31.1 Å². The Morgan fingerprint density at radius 3 is 2.31 bits per heavy atom. The minimum absolute atomic E-state index is 0.0198. The molecule has 1 aliphatic heterocycles. The van der Waals surface area contributed by atoms with Crippen molar-refractivity contribution in [1.29, 1.82) is 0 Å². The Balaban J connectivity index is 1.65. The summed E-state index contributed by atoms with van der Waals surface area (Å²) in [5, 5.41) is 9.44. The molecule has 1 fully saturated rings. The van der Waals surface area contributed by atoms with Crippen molar-refractivity contribution in [2.24, 2.45) is 0 Å². The normalized spacial score (nSPS) is 16.0. The van der Waals surface area contributed by atoms with Crippen LogP contribution in [0.5, 0.6) is 0 Å². The topological polar surface area (TPSA) is 104 Å². The third-order valence-electron chi connectivity index (χ3n) is 4.38. The fourth-order valence-corrected chi connectivity index (χ4v) is 2.90. The lowest BCUT2D eigenvalue weighted by Crippen LogP contribution is -2.49.